The number of rotatable bonds is 12. The highest BCUT2D eigenvalue weighted by atomic mass is 16.5. The largest absolute Gasteiger partial charge is 0.490 e. The number of carbonyl (C=O) groups excluding carboxylic acids is 2. The minimum absolute atomic E-state index is 0.00740. The molecule has 0 aliphatic heterocycles. The molecule has 0 radical (unpaired) electrons. The van der Waals surface area contributed by atoms with Crippen molar-refractivity contribution < 1.29 is 29.0 Å². The number of carboxylic acids is 1. The van der Waals surface area contributed by atoms with Crippen molar-refractivity contribution in [3.05, 3.63) is 34.8 Å². The van der Waals surface area contributed by atoms with Crippen LogP contribution in [0, 0.1) is 0 Å². The fourth-order valence-electron chi connectivity index (χ4n) is 2.81. The van der Waals surface area contributed by atoms with Crippen LogP contribution in [0.5, 0.6) is 0 Å². The van der Waals surface area contributed by atoms with Crippen LogP contribution in [0.25, 0.3) is 0 Å². The van der Waals surface area contributed by atoms with Crippen molar-refractivity contribution in [2.45, 2.75) is 58.3 Å². The SMILES string of the molecule is CCCCCCCCCC(=CC1=CC(=O)C(OC)=C(OC)C1=O)C(=O)O. The van der Waals surface area contributed by atoms with Crippen LogP contribution in [0.3, 0.4) is 0 Å². The number of allylic oxidation sites excluding steroid dienone is 3. The van der Waals surface area contributed by atoms with E-state index in [-0.39, 0.29) is 22.7 Å². The van der Waals surface area contributed by atoms with Gasteiger partial charge in [0, 0.05) is 17.2 Å². The van der Waals surface area contributed by atoms with Gasteiger partial charge in [0.1, 0.15) is 0 Å². The summed E-state index contributed by atoms with van der Waals surface area (Å²) in [7, 11) is 2.54. The summed E-state index contributed by atoms with van der Waals surface area (Å²) in [6.45, 7) is 2.16. The average Bonchev–Trinajstić information content (AvgIpc) is 2.61. The zero-order chi connectivity index (χ0) is 19.5. The first kappa shape index (κ1) is 21.7. The Labute approximate surface area is 154 Å². The number of aliphatic carboxylic acids is 1. The predicted molar refractivity (Wildman–Crippen MR) is 97.5 cm³/mol. The molecule has 0 aromatic carbocycles. The summed E-state index contributed by atoms with van der Waals surface area (Å²) in [5, 5.41) is 9.39. The normalized spacial score (nSPS) is 15.2. The van der Waals surface area contributed by atoms with Gasteiger partial charge in [0.05, 0.1) is 14.2 Å². The summed E-state index contributed by atoms with van der Waals surface area (Å²) in [6, 6.07) is 0. The Morgan fingerprint density at radius 1 is 1.00 bits per heavy atom. The van der Waals surface area contributed by atoms with E-state index in [1.54, 1.807) is 0 Å². The topological polar surface area (TPSA) is 89.9 Å². The van der Waals surface area contributed by atoms with Crippen molar-refractivity contribution in [3.8, 4) is 0 Å². The second-order valence-corrected chi connectivity index (χ2v) is 6.21. The summed E-state index contributed by atoms with van der Waals surface area (Å²) in [4.78, 5) is 35.9. The lowest BCUT2D eigenvalue weighted by molar-refractivity contribution is -0.132. The van der Waals surface area contributed by atoms with E-state index in [1.807, 2.05) is 0 Å². The molecule has 0 heterocycles. The summed E-state index contributed by atoms with van der Waals surface area (Å²) in [5.41, 5.74) is 0.121. The van der Waals surface area contributed by atoms with Crippen molar-refractivity contribution in [1.82, 2.24) is 0 Å². The maximum absolute atomic E-state index is 12.4. The molecule has 0 aromatic rings. The number of hydrogen-bond acceptors (Lipinski definition) is 5. The molecule has 1 aliphatic rings. The van der Waals surface area contributed by atoms with Gasteiger partial charge in [0.2, 0.25) is 23.1 Å². The summed E-state index contributed by atoms with van der Waals surface area (Å²) < 4.78 is 9.86. The molecule has 0 bridgehead atoms. The average molecular weight is 364 g/mol. The summed E-state index contributed by atoms with van der Waals surface area (Å²) >= 11 is 0. The van der Waals surface area contributed by atoms with Crippen molar-refractivity contribution in [2.24, 2.45) is 0 Å². The molecule has 26 heavy (non-hydrogen) atoms. The Morgan fingerprint density at radius 2 is 1.58 bits per heavy atom. The molecule has 0 saturated carbocycles. The van der Waals surface area contributed by atoms with E-state index in [1.165, 1.54) is 39.6 Å². The molecule has 0 saturated heterocycles. The molecule has 0 fully saturated rings. The highest BCUT2D eigenvalue weighted by Crippen LogP contribution is 2.23. The number of ketones is 2. The van der Waals surface area contributed by atoms with Gasteiger partial charge >= 0.3 is 5.97 Å². The Kier molecular flexibility index (Phi) is 9.41. The Balaban J connectivity index is 2.75. The number of carbonyl (C=O) groups is 3. The molecule has 1 N–H and O–H groups in total. The first-order chi connectivity index (χ1) is 12.5. The monoisotopic (exact) mass is 364 g/mol. The van der Waals surface area contributed by atoms with Crippen LogP contribution in [-0.4, -0.2) is 36.9 Å². The number of hydrogen-bond donors (Lipinski definition) is 1. The molecule has 6 heteroatoms. The van der Waals surface area contributed by atoms with Crippen LogP contribution in [0.15, 0.2) is 34.8 Å². The van der Waals surface area contributed by atoms with Crippen molar-refractivity contribution in [2.75, 3.05) is 14.2 Å². The van der Waals surface area contributed by atoms with Crippen molar-refractivity contribution >= 4 is 17.5 Å². The second kappa shape index (κ2) is 11.3. The van der Waals surface area contributed by atoms with Crippen LogP contribution in [0.4, 0.5) is 0 Å². The first-order valence-corrected chi connectivity index (χ1v) is 9.03. The summed E-state index contributed by atoms with van der Waals surface area (Å²) in [6.07, 6.45) is 10.2. The third-order valence-corrected chi connectivity index (χ3v) is 4.25. The Morgan fingerprint density at radius 3 is 2.12 bits per heavy atom. The third-order valence-electron chi connectivity index (χ3n) is 4.25. The smallest absolute Gasteiger partial charge is 0.331 e. The number of methoxy groups -OCH3 is 2. The number of ether oxygens (including phenoxy) is 2. The van der Waals surface area contributed by atoms with Crippen LogP contribution < -0.4 is 0 Å². The van der Waals surface area contributed by atoms with Gasteiger partial charge in [-0.25, -0.2) is 4.79 Å². The highest BCUT2D eigenvalue weighted by Gasteiger charge is 2.30. The lowest BCUT2D eigenvalue weighted by Crippen LogP contribution is -2.21. The zero-order valence-corrected chi connectivity index (χ0v) is 15.8. The third kappa shape index (κ3) is 6.17. The molecular formula is C20H28O6. The highest BCUT2D eigenvalue weighted by molar-refractivity contribution is 6.22. The van der Waals surface area contributed by atoms with Crippen LogP contribution >= 0.6 is 0 Å². The molecule has 6 nitrogen and oxygen atoms in total. The van der Waals surface area contributed by atoms with Gasteiger partial charge in [0.25, 0.3) is 0 Å². The van der Waals surface area contributed by atoms with E-state index in [0.29, 0.717) is 6.42 Å². The zero-order valence-electron chi connectivity index (χ0n) is 15.8. The molecular weight excluding hydrogens is 336 g/mol. The first-order valence-electron chi connectivity index (χ1n) is 9.03. The predicted octanol–water partition coefficient (Wildman–Crippen LogP) is 3.72. The standard InChI is InChI=1S/C20H28O6/c1-4-5-6-7-8-9-10-11-14(20(23)24)12-15-13-16(21)18(25-2)19(26-3)17(15)22/h12-13H,4-11H2,1-3H3,(H,23,24). The molecule has 0 atom stereocenters. The van der Waals surface area contributed by atoms with Gasteiger partial charge in [0.15, 0.2) is 0 Å². The van der Waals surface area contributed by atoms with Crippen molar-refractivity contribution in [1.29, 1.82) is 0 Å². The maximum atomic E-state index is 12.4. The molecule has 0 aromatic heterocycles. The Hall–Kier alpha value is -2.37. The van der Waals surface area contributed by atoms with Crippen molar-refractivity contribution in [3.63, 3.8) is 0 Å². The van der Waals surface area contributed by atoms with E-state index < -0.39 is 17.5 Å². The fraction of sp³-hybridized carbons (Fsp3) is 0.550. The molecule has 0 spiro atoms. The number of carboxylic acid groups (broad SMARTS) is 1. The van der Waals surface area contributed by atoms with Gasteiger partial charge in [-0.2, -0.15) is 0 Å². The minimum Gasteiger partial charge on any atom is -0.490 e. The van der Waals surface area contributed by atoms with Gasteiger partial charge in [-0.3, -0.25) is 9.59 Å². The van der Waals surface area contributed by atoms with Gasteiger partial charge in [-0.05, 0) is 18.9 Å². The van der Waals surface area contributed by atoms with E-state index in [9.17, 15) is 19.5 Å². The second-order valence-electron chi connectivity index (χ2n) is 6.21. The molecule has 0 unspecified atom stereocenters. The van der Waals surface area contributed by atoms with Gasteiger partial charge < -0.3 is 14.6 Å². The van der Waals surface area contributed by atoms with Gasteiger partial charge in [-0.1, -0.05) is 45.4 Å². The van der Waals surface area contributed by atoms with Crippen LogP contribution in [0.1, 0.15) is 58.3 Å². The number of Topliss-reactive ketones (excluding diaryl/α,β-unsaturated/α-hetero) is 1. The molecule has 144 valence electrons. The van der Waals surface area contributed by atoms with Gasteiger partial charge in [-0.15, -0.1) is 0 Å². The molecule has 1 rings (SSSR count). The maximum Gasteiger partial charge on any atom is 0.331 e. The van der Waals surface area contributed by atoms with E-state index in [2.05, 4.69) is 6.92 Å². The lowest BCUT2D eigenvalue weighted by Gasteiger charge is -2.15. The van der Waals surface area contributed by atoms with E-state index in [0.717, 1.165) is 31.8 Å². The lowest BCUT2D eigenvalue weighted by atomic mass is 9.96. The summed E-state index contributed by atoms with van der Waals surface area (Å²) in [5.74, 6) is -2.53. The quantitative estimate of drug-likeness (QED) is 0.322. The van der Waals surface area contributed by atoms with Crippen LogP contribution in [0.2, 0.25) is 0 Å². The Bertz CT molecular complexity index is 624. The van der Waals surface area contributed by atoms with Crippen LogP contribution in [-0.2, 0) is 23.9 Å². The molecule has 1 aliphatic carbocycles. The van der Waals surface area contributed by atoms with E-state index >= 15 is 0 Å². The van der Waals surface area contributed by atoms with E-state index in [4.69, 9.17) is 9.47 Å². The number of unbranched alkanes of at least 4 members (excludes halogenated alkanes) is 6. The fourth-order valence-corrected chi connectivity index (χ4v) is 2.81. The molecule has 0 amide bonds. The minimum atomic E-state index is -1.09.